The fraction of sp³-hybridized carbons (Fsp3) is 0.143. The van der Waals surface area contributed by atoms with Gasteiger partial charge in [0.05, 0.1) is 24.2 Å². The van der Waals surface area contributed by atoms with Crippen LogP contribution >= 0.6 is 11.6 Å². The van der Waals surface area contributed by atoms with Crippen LogP contribution in [0.15, 0.2) is 60.8 Å². The Morgan fingerprint density at radius 2 is 1.85 bits per heavy atom. The lowest BCUT2D eigenvalue weighted by Gasteiger charge is -2.12. The van der Waals surface area contributed by atoms with Gasteiger partial charge in [0.1, 0.15) is 11.4 Å². The number of pyridine rings is 1. The lowest BCUT2D eigenvalue weighted by Crippen LogP contribution is -2.14. The average molecular weight is 382 g/mol. The van der Waals surface area contributed by atoms with E-state index in [-0.39, 0.29) is 5.91 Å². The number of hydrogen-bond acceptors (Lipinski definition) is 4. The van der Waals surface area contributed by atoms with Crippen molar-refractivity contribution in [3.05, 3.63) is 77.1 Å². The topological polar surface area (TPSA) is 63.2 Å². The quantitative estimate of drug-likeness (QED) is 0.597. The highest BCUT2D eigenvalue weighted by atomic mass is 35.5. The first-order valence-corrected chi connectivity index (χ1v) is 8.97. The predicted molar refractivity (Wildman–Crippen MR) is 109 cm³/mol. The van der Waals surface area contributed by atoms with E-state index in [4.69, 9.17) is 16.3 Å². The Kier molecular flexibility index (Phi) is 5.94. The second-order valence-corrected chi connectivity index (χ2v) is 6.26. The molecule has 0 saturated heterocycles. The summed E-state index contributed by atoms with van der Waals surface area (Å²) < 4.78 is 5.52. The maximum Gasteiger partial charge on any atom is 0.274 e. The third-order valence-electron chi connectivity index (χ3n) is 3.98. The van der Waals surface area contributed by atoms with E-state index in [0.717, 1.165) is 16.9 Å². The molecule has 138 valence electrons. The Morgan fingerprint density at radius 3 is 2.59 bits per heavy atom. The first kappa shape index (κ1) is 18.7. The molecule has 2 N–H and O–H groups in total. The van der Waals surface area contributed by atoms with E-state index < -0.39 is 0 Å². The first-order chi connectivity index (χ1) is 13.1. The maximum atomic E-state index is 12.5. The first-order valence-electron chi connectivity index (χ1n) is 8.60. The highest BCUT2D eigenvalue weighted by Crippen LogP contribution is 2.26. The number of benzene rings is 2. The number of para-hydroxylation sites is 2. The highest BCUT2D eigenvalue weighted by Gasteiger charge is 2.11. The van der Waals surface area contributed by atoms with Crippen molar-refractivity contribution in [2.24, 2.45) is 0 Å². The predicted octanol–water partition coefficient (Wildman–Crippen LogP) is 5.44. The van der Waals surface area contributed by atoms with Gasteiger partial charge in [0.2, 0.25) is 0 Å². The van der Waals surface area contributed by atoms with E-state index in [2.05, 4.69) is 15.6 Å². The summed E-state index contributed by atoms with van der Waals surface area (Å²) in [7, 11) is 0. The Labute approximate surface area is 163 Å². The van der Waals surface area contributed by atoms with E-state index in [9.17, 15) is 4.79 Å². The summed E-state index contributed by atoms with van der Waals surface area (Å²) in [6, 6.07) is 16.4. The molecule has 0 bridgehead atoms. The van der Waals surface area contributed by atoms with Crippen LogP contribution < -0.4 is 15.4 Å². The zero-order chi connectivity index (χ0) is 19.2. The van der Waals surface area contributed by atoms with Crippen LogP contribution in [-0.2, 0) is 0 Å². The van der Waals surface area contributed by atoms with Gasteiger partial charge in [0.25, 0.3) is 5.91 Å². The summed E-state index contributed by atoms with van der Waals surface area (Å²) >= 11 is 6.14. The molecule has 0 aliphatic heterocycles. The molecule has 3 aromatic rings. The minimum atomic E-state index is -0.298. The summed E-state index contributed by atoms with van der Waals surface area (Å²) in [5, 5.41) is 6.78. The minimum Gasteiger partial charge on any atom is -0.492 e. The summed E-state index contributed by atoms with van der Waals surface area (Å²) in [4.78, 5) is 16.7. The molecule has 1 aromatic heterocycles. The van der Waals surface area contributed by atoms with Gasteiger partial charge in [-0.15, -0.1) is 0 Å². The molecule has 27 heavy (non-hydrogen) atoms. The Bertz CT molecular complexity index is 942. The van der Waals surface area contributed by atoms with Gasteiger partial charge < -0.3 is 15.4 Å². The highest BCUT2D eigenvalue weighted by molar-refractivity contribution is 6.31. The number of carbonyl (C=O) groups excluding carboxylic acids is 1. The van der Waals surface area contributed by atoms with Crippen molar-refractivity contribution in [1.29, 1.82) is 0 Å². The van der Waals surface area contributed by atoms with Gasteiger partial charge in [-0.05, 0) is 55.8 Å². The van der Waals surface area contributed by atoms with Crippen molar-refractivity contribution >= 4 is 34.6 Å². The normalized spacial score (nSPS) is 10.3. The molecule has 1 heterocycles. The van der Waals surface area contributed by atoms with Gasteiger partial charge in [0, 0.05) is 10.7 Å². The number of rotatable bonds is 6. The molecular weight excluding hydrogens is 362 g/mol. The van der Waals surface area contributed by atoms with Crippen molar-refractivity contribution in [3.63, 3.8) is 0 Å². The Hall–Kier alpha value is -3.05. The van der Waals surface area contributed by atoms with E-state index in [1.165, 1.54) is 0 Å². The molecule has 0 radical (unpaired) electrons. The Balaban J connectivity index is 1.72. The second kappa shape index (κ2) is 8.56. The summed E-state index contributed by atoms with van der Waals surface area (Å²) in [6.45, 7) is 4.36. The lowest BCUT2D eigenvalue weighted by atomic mass is 10.2. The molecule has 5 nitrogen and oxygen atoms in total. The zero-order valence-corrected chi connectivity index (χ0v) is 15.9. The van der Waals surface area contributed by atoms with Gasteiger partial charge in [-0.3, -0.25) is 4.79 Å². The van der Waals surface area contributed by atoms with E-state index in [1.807, 2.05) is 50.2 Å². The lowest BCUT2D eigenvalue weighted by molar-refractivity contribution is 0.102. The van der Waals surface area contributed by atoms with Crippen molar-refractivity contribution < 1.29 is 9.53 Å². The molecule has 0 aliphatic rings. The molecule has 0 aliphatic carbocycles. The summed E-state index contributed by atoms with van der Waals surface area (Å²) in [5.74, 6) is 0.329. The molecule has 0 fully saturated rings. The van der Waals surface area contributed by atoms with Crippen molar-refractivity contribution in [2.75, 3.05) is 17.2 Å². The molecule has 0 unspecified atom stereocenters. The SMILES string of the molecule is CCOc1ccccc1NC(=O)c1ccc(Nc2cccc(Cl)c2C)cn1. The van der Waals surface area contributed by atoms with Crippen LogP contribution in [0.25, 0.3) is 0 Å². The van der Waals surface area contributed by atoms with Gasteiger partial charge in [-0.1, -0.05) is 29.8 Å². The van der Waals surface area contributed by atoms with E-state index >= 15 is 0 Å². The van der Waals surface area contributed by atoms with Crippen LogP contribution in [0.2, 0.25) is 5.02 Å². The second-order valence-electron chi connectivity index (χ2n) is 5.85. The molecule has 3 rings (SSSR count). The zero-order valence-electron chi connectivity index (χ0n) is 15.1. The number of nitrogens with one attached hydrogen (secondary N) is 2. The fourth-order valence-corrected chi connectivity index (χ4v) is 2.71. The van der Waals surface area contributed by atoms with Gasteiger partial charge in [-0.2, -0.15) is 0 Å². The average Bonchev–Trinajstić information content (AvgIpc) is 2.68. The van der Waals surface area contributed by atoms with Gasteiger partial charge >= 0.3 is 0 Å². The van der Waals surface area contributed by atoms with E-state index in [0.29, 0.717) is 28.8 Å². The molecule has 6 heteroatoms. The van der Waals surface area contributed by atoms with Crippen LogP contribution in [0.3, 0.4) is 0 Å². The number of anilines is 3. The van der Waals surface area contributed by atoms with Crippen LogP contribution in [0.4, 0.5) is 17.1 Å². The van der Waals surface area contributed by atoms with Gasteiger partial charge in [0.15, 0.2) is 0 Å². The molecule has 2 aromatic carbocycles. The van der Waals surface area contributed by atoms with Crippen molar-refractivity contribution in [1.82, 2.24) is 4.98 Å². The Morgan fingerprint density at radius 1 is 1.07 bits per heavy atom. The minimum absolute atomic E-state index is 0.298. The molecule has 0 spiro atoms. The molecule has 1 amide bonds. The number of nitrogens with zero attached hydrogens (tertiary/aromatic N) is 1. The molecule has 0 atom stereocenters. The van der Waals surface area contributed by atoms with Crippen LogP contribution in [0.5, 0.6) is 5.75 Å². The number of ether oxygens (including phenoxy) is 1. The summed E-state index contributed by atoms with van der Waals surface area (Å²) in [6.07, 6.45) is 1.61. The summed E-state index contributed by atoms with van der Waals surface area (Å²) in [5.41, 5.74) is 3.55. The number of aromatic nitrogens is 1. The standard InChI is InChI=1S/C21H20ClN3O2/c1-3-27-20-10-5-4-8-18(20)25-21(26)19-12-11-15(13-23-19)24-17-9-6-7-16(22)14(17)2/h4-13,24H,3H2,1-2H3,(H,25,26). The van der Waals surface area contributed by atoms with E-state index in [1.54, 1.807) is 24.4 Å². The number of amides is 1. The molecular formula is C21H20ClN3O2. The van der Waals surface area contributed by atoms with Crippen molar-refractivity contribution in [3.8, 4) is 5.75 Å². The number of halogens is 1. The van der Waals surface area contributed by atoms with Crippen LogP contribution in [0, 0.1) is 6.92 Å². The number of carbonyl (C=O) groups is 1. The third kappa shape index (κ3) is 4.57. The monoisotopic (exact) mass is 381 g/mol. The third-order valence-corrected chi connectivity index (χ3v) is 4.39. The maximum absolute atomic E-state index is 12.5. The van der Waals surface area contributed by atoms with Crippen molar-refractivity contribution in [2.45, 2.75) is 13.8 Å². The fourth-order valence-electron chi connectivity index (χ4n) is 2.54. The van der Waals surface area contributed by atoms with Crippen LogP contribution in [-0.4, -0.2) is 17.5 Å². The largest absolute Gasteiger partial charge is 0.492 e. The van der Waals surface area contributed by atoms with Crippen LogP contribution in [0.1, 0.15) is 23.0 Å². The molecule has 0 saturated carbocycles. The van der Waals surface area contributed by atoms with Gasteiger partial charge in [-0.25, -0.2) is 4.98 Å². The smallest absolute Gasteiger partial charge is 0.274 e. The number of hydrogen-bond donors (Lipinski definition) is 2.